The van der Waals surface area contributed by atoms with E-state index in [1.54, 1.807) is 18.3 Å². The molecule has 172 valence electrons. The Morgan fingerprint density at radius 2 is 2.09 bits per heavy atom. The highest BCUT2D eigenvalue weighted by atomic mass is 35.5. The molecule has 1 aliphatic rings. The molecule has 3 aromatic rings. The highest BCUT2D eigenvalue weighted by Gasteiger charge is 2.41. The van der Waals surface area contributed by atoms with Crippen molar-refractivity contribution in [2.75, 3.05) is 23.7 Å². The van der Waals surface area contributed by atoms with E-state index in [-0.39, 0.29) is 0 Å². The predicted molar refractivity (Wildman–Crippen MR) is 132 cm³/mol. The lowest BCUT2D eigenvalue weighted by Gasteiger charge is -2.39. The zero-order valence-electron chi connectivity index (χ0n) is 18.2. The van der Waals surface area contributed by atoms with Crippen LogP contribution in [0.1, 0.15) is 30.5 Å². The number of halogens is 2. The van der Waals surface area contributed by atoms with Crippen LogP contribution >= 0.6 is 23.5 Å². The summed E-state index contributed by atoms with van der Waals surface area (Å²) in [5.74, 6) is 0.237. The van der Waals surface area contributed by atoms with E-state index in [1.165, 1.54) is 6.07 Å². The molecule has 1 saturated carbocycles. The number of hydrogen-bond acceptors (Lipinski definition) is 6. The first-order chi connectivity index (χ1) is 16.0. The van der Waals surface area contributed by atoms with Crippen LogP contribution in [0.3, 0.4) is 0 Å². The van der Waals surface area contributed by atoms with Crippen LogP contribution < -0.4 is 14.8 Å². The summed E-state index contributed by atoms with van der Waals surface area (Å²) in [6, 6.07) is 14.2. The molecule has 0 saturated heterocycles. The fourth-order valence-corrected chi connectivity index (χ4v) is 4.73. The van der Waals surface area contributed by atoms with Crippen molar-refractivity contribution < 1.29 is 13.9 Å². The molecular weight excluding hydrogens is 461 g/mol. The number of ether oxygens (including phenoxy) is 1. The average molecular weight is 486 g/mol. The Kier molecular flexibility index (Phi) is 7.40. The van der Waals surface area contributed by atoms with Crippen LogP contribution in [-0.2, 0) is 16.6 Å². The number of aldehydes is 1. The van der Waals surface area contributed by atoms with Crippen LogP contribution in [0.25, 0.3) is 0 Å². The maximum atomic E-state index is 14.2. The summed E-state index contributed by atoms with van der Waals surface area (Å²) in [5.41, 5.74) is 2.82. The molecule has 5 nitrogen and oxygen atoms in total. The van der Waals surface area contributed by atoms with Gasteiger partial charge >= 0.3 is 0 Å². The van der Waals surface area contributed by atoms with Crippen molar-refractivity contribution in [3.63, 3.8) is 0 Å². The molecule has 1 fully saturated rings. The van der Waals surface area contributed by atoms with Crippen molar-refractivity contribution in [2.24, 2.45) is 0 Å². The molecule has 0 radical (unpaired) electrons. The molecule has 4 rings (SSSR count). The first-order valence-corrected chi connectivity index (χ1v) is 12.0. The largest absolute Gasteiger partial charge is 0.491 e. The van der Waals surface area contributed by atoms with Crippen LogP contribution in [0.4, 0.5) is 15.8 Å². The van der Waals surface area contributed by atoms with Gasteiger partial charge in [0.25, 0.3) is 0 Å². The molecule has 33 heavy (non-hydrogen) atoms. The van der Waals surface area contributed by atoms with Gasteiger partial charge in [0, 0.05) is 42.1 Å². The van der Waals surface area contributed by atoms with Gasteiger partial charge in [-0.05, 0) is 66.8 Å². The van der Waals surface area contributed by atoms with Gasteiger partial charge in [0.2, 0.25) is 0 Å². The second-order valence-electron chi connectivity index (χ2n) is 7.97. The Labute approximate surface area is 202 Å². The van der Waals surface area contributed by atoms with Gasteiger partial charge in [0.1, 0.15) is 17.9 Å². The molecule has 2 N–H and O–H groups in total. The molecule has 0 spiro atoms. The molecule has 0 aliphatic heterocycles. The summed E-state index contributed by atoms with van der Waals surface area (Å²) in [4.78, 5) is 16.8. The summed E-state index contributed by atoms with van der Waals surface area (Å²) in [7, 11) is 1.83. The molecule has 0 amide bonds. The van der Waals surface area contributed by atoms with E-state index in [1.807, 2.05) is 37.4 Å². The number of carbonyl (C=O) groups is 1. The molecule has 1 heterocycles. The summed E-state index contributed by atoms with van der Waals surface area (Å²) in [5, 5.41) is 3.57. The van der Waals surface area contributed by atoms with Crippen molar-refractivity contribution in [1.82, 2.24) is 4.98 Å². The first-order valence-electron chi connectivity index (χ1n) is 10.8. The third-order valence-electron chi connectivity index (χ3n) is 5.87. The summed E-state index contributed by atoms with van der Waals surface area (Å²) in [6.07, 6.45) is 6.04. The molecule has 0 atom stereocenters. The number of hydrogen-bond donors (Lipinski definition) is 2. The summed E-state index contributed by atoms with van der Waals surface area (Å²) >= 11 is 7.01. The van der Waals surface area contributed by atoms with E-state index < -0.39 is 11.2 Å². The van der Waals surface area contributed by atoms with E-state index in [0.717, 1.165) is 60.1 Å². The number of anilines is 2. The lowest BCUT2D eigenvalue weighted by molar-refractivity contribution is -0.115. The summed E-state index contributed by atoms with van der Waals surface area (Å²) < 4.78 is 23.6. The fraction of sp³-hybridized carbons (Fsp3) is 0.280. The number of pyridine rings is 1. The quantitative estimate of drug-likeness (QED) is 0.260. The number of rotatable bonds is 10. The first kappa shape index (κ1) is 23.4. The van der Waals surface area contributed by atoms with Crippen molar-refractivity contribution in [2.45, 2.75) is 36.0 Å². The van der Waals surface area contributed by atoms with Crippen molar-refractivity contribution in [1.29, 1.82) is 0 Å². The molecule has 0 unspecified atom stereocenters. The van der Waals surface area contributed by atoms with Crippen molar-refractivity contribution in [3.8, 4) is 5.75 Å². The van der Waals surface area contributed by atoms with Crippen molar-refractivity contribution >= 4 is 41.2 Å². The van der Waals surface area contributed by atoms with Crippen LogP contribution in [0.5, 0.6) is 5.75 Å². The van der Waals surface area contributed by atoms with E-state index in [9.17, 15) is 9.18 Å². The minimum atomic E-state index is -0.536. The maximum absolute atomic E-state index is 14.2. The number of nitrogens with zero attached hydrogens (tertiary/aromatic N) is 1. The second-order valence-corrected chi connectivity index (χ2v) is 9.26. The smallest absolute Gasteiger partial charge is 0.144 e. The SMILES string of the molecule is CNc1c(OCCc2ccccn2)cc(NSc2ccc(Cl)cc2F)cc1C1(C=O)CCC1. The van der Waals surface area contributed by atoms with E-state index >= 15 is 0 Å². The van der Waals surface area contributed by atoms with E-state index in [4.69, 9.17) is 16.3 Å². The van der Waals surface area contributed by atoms with Gasteiger partial charge in [-0.1, -0.05) is 24.1 Å². The van der Waals surface area contributed by atoms with Crippen LogP contribution in [-0.4, -0.2) is 24.9 Å². The zero-order chi connectivity index (χ0) is 23.3. The van der Waals surface area contributed by atoms with Gasteiger partial charge in [-0.3, -0.25) is 4.98 Å². The maximum Gasteiger partial charge on any atom is 0.144 e. The highest BCUT2D eigenvalue weighted by Crippen LogP contribution is 2.49. The van der Waals surface area contributed by atoms with Gasteiger partial charge < -0.3 is 19.6 Å². The Hall–Kier alpha value is -2.77. The Balaban J connectivity index is 1.61. The lowest BCUT2D eigenvalue weighted by Crippen LogP contribution is -2.36. The monoisotopic (exact) mass is 485 g/mol. The normalized spacial score (nSPS) is 14.3. The number of benzene rings is 2. The number of nitrogens with one attached hydrogen (secondary N) is 2. The van der Waals surface area contributed by atoms with Crippen LogP contribution in [0.15, 0.2) is 59.6 Å². The molecule has 1 aliphatic carbocycles. The molecule has 1 aromatic heterocycles. The van der Waals surface area contributed by atoms with Gasteiger partial charge in [0.15, 0.2) is 0 Å². The topological polar surface area (TPSA) is 63.2 Å². The Morgan fingerprint density at radius 3 is 2.73 bits per heavy atom. The van der Waals surface area contributed by atoms with Gasteiger partial charge in [-0.2, -0.15) is 0 Å². The van der Waals surface area contributed by atoms with E-state index in [0.29, 0.717) is 28.7 Å². The van der Waals surface area contributed by atoms with E-state index in [2.05, 4.69) is 15.0 Å². The van der Waals surface area contributed by atoms with Gasteiger partial charge in [0.05, 0.1) is 22.6 Å². The third kappa shape index (κ3) is 5.25. The average Bonchev–Trinajstić information content (AvgIpc) is 2.79. The fourth-order valence-electron chi connectivity index (χ4n) is 3.93. The number of carbonyl (C=O) groups excluding carboxylic acids is 1. The standard InChI is InChI=1S/C25H25ClFN3O2S/c1-28-24-20(25(16-31)9-4-10-25)14-19(30-33-23-7-6-17(26)13-21(23)27)15-22(24)32-12-8-18-5-2-3-11-29-18/h2-3,5-7,11,13-16,28,30H,4,8-10,12H2,1H3. The molecule has 8 heteroatoms. The Bertz CT molecular complexity index is 1130. The number of aromatic nitrogens is 1. The van der Waals surface area contributed by atoms with Crippen LogP contribution in [0.2, 0.25) is 5.02 Å². The molecular formula is C25H25ClFN3O2S. The second kappa shape index (κ2) is 10.4. The zero-order valence-corrected chi connectivity index (χ0v) is 19.8. The van der Waals surface area contributed by atoms with Crippen molar-refractivity contribution in [3.05, 3.63) is 76.8 Å². The molecule has 2 aromatic carbocycles. The van der Waals surface area contributed by atoms with Gasteiger partial charge in [-0.15, -0.1) is 0 Å². The molecule has 0 bridgehead atoms. The highest BCUT2D eigenvalue weighted by molar-refractivity contribution is 8.00. The minimum Gasteiger partial charge on any atom is -0.491 e. The summed E-state index contributed by atoms with van der Waals surface area (Å²) in [6.45, 7) is 0.432. The van der Waals surface area contributed by atoms with Crippen LogP contribution in [0, 0.1) is 5.82 Å². The third-order valence-corrected chi connectivity index (χ3v) is 7.00. The minimum absolute atomic E-state index is 0.346. The lowest BCUT2D eigenvalue weighted by atomic mass is 9.65. The van der Waals surface area contributed by atoms with Gasteiger partial charge in [-0.25, -0.2) is 4.39 Å². The predicted octanol–water partition coefficient (Wildman–Crippen LogP) is 6.28. The Morgan fingerprint density at radius 1 is 1.24 bits per heavy atom.